The van der Waals surface area contributed by atoms with Crippen molar-refractivity contribution in [3.05, 3.63) is 35.4 Å². The first kappa shape index (κ1) is 13.6. The average molecular weight is 243 g/mol. The number of aliphatic hydroxyl groups excluding tert-OH is 1. The zero-order valence-electron chi connectivity index (χ0n) is 9.54. The zero-order valence-corrected chi connectivity index (χ0v) is 9.54. The van der Waals surface area contributed by atoms with Crippen LogP contribution in [0.5, 0.6) is 0 Å². The van der Waals surface area contributed by atoms with E-state index in [0.29, 0.717) is 24.8 Å². The molecule has 5 heteroatoms. The Hall–Kier alpha value is -1.49. The fourth-order valence-electron chi connectivity index (χ4n) is 1.47. The van der Waals surface area contributed by atoms with Crippen molar-refractivity contribution in [1.29, 1.82) is 0 Å². The summed E-state index contributed by atoms with van der Waals surface area (Å²) in [6.45, 7) is 0. The maximum absolute atomic E-state index is 12.9. The normalized spacial score (nSPS) is 12.2. The highest BCUT2D eigenvalue weighted by Crippen LogP contribution is 2.20. The number of amides is 1. The molecule has 2 N–H and O–H groups in total. The summed E-state index contributed by atoms with van der Waals surface area (Å²) >= 11 is 0. The molecule has 0 radical (unpaired) electrons. The summed E-state index contributed by atoms with van der Waals surface area (Å²) in [5, 5.41) is 12.2. The Morgan fingerprint density at radius 2 is 2.12 bits per heavy atom. The van der Waals surface area contributed by atoms with E-state index in [1.54, 1.807) is 0 Å². The summed E-state index contributed by atoms with van der Waals surface area (Å²) in [5.41, 5.74) is 0.320. The Kier molecular flexibility index (Phi) is 5.03. The largest absolute Gasteiger partial charge is 0.388 e. The monoisotopic (exact) mass is 243 g/mol. The third kappa shape index (κ3) is 4.11. The lowest BCUT2D eigenvalue weighted by Crippen LogP contribution is -2.17. The minimum absolute atomic E-state index is 0.109. The van der Waals surface area contributed by atoms with E-state index >= 15 is 0 Å². The van der Waals surface area contributed by atoms with Crippen molar-refractivity contribution in [3.8, 4) is 0 Å². The van der Waals surface area contributed by atoms with Gasteiger partial charge in [-0.3, -0.25) is 4.79 Å². The number of rotatable bonds is 5. The van der Waals surface area contributed by atoms with Crippen LogP contribution in [0.4, 0.5) is 8.78 Å². The Balaban J connectivity index is 2.49. The Labute approximate surface area is 98.5 Å². The number of halogens is 2. The van der Waals surface area contributed by atoms with Crippen molar-refractivity contribution >= 4 is 5.91 Å². The van der Waals surface area contributed by atoms with E-state index in [1.165, 1.54) is 13.1 Å². The van der Waals surface area contributed by atoms with E-state index < -0.39 is 17.7 Å². The molecule has 0 aliphatic carbocycles. The van der Waals surface area contributed by atoms with Gasteiger partial charge >= 0.3 is 0 Å². The van der Waals surface area contributed by atoms with Gasteiger partial charge in [0.05, 0.1) is 6.10 Å². The Morgan fingerprint density at radius 1 is 1.41 bits per heavy atom. The van der Waals surface area contributed by atoms with E-state index in [9.17, 15) is 18.7 Å². The summed E-state index contributed by atoms with van der Waals surface area (Å²) in [4.78, 5) is 10.9. The molecule has 1 aromatic rings. The van der Waals surface area contributed by atoms with Crippen molar-refractivity contribution in [3.63, 3.8) is 0 Å². The molecule has 0 saturated heterocycles. The molecule has 0 heterocycles. The van der Waals surface area contributed by atoms with Gasteiger partial charge in [-0.05, 0) is 30.5 Å². The highest BCUT2D eigenvalue weighted by atomic mass is 19.2. The molecule has 94 valence electrons. The second kappa shape index (κ2) is 6.30. The smallest absolute Gasteiger partial charge is 0.219 e. The SMILES string of the molecule is CNC(=O)CCCC(O)c1ccc(F)c(F)c1. The van der Waals surface area contributed by atoms with E-state index in [0.717, 1.165) is 12.1 Å². The van der Waals surface area contributed by atoms with Gasteiger partial charge in [-0.2, -0.15) is 0 Å². The van der Waals surface area contributed by atoms with Gasteiger partial charge in [0.15, 0.2) is 11.6 Å². The molecule has 0 spiro atoms. The summed E-state index contributed by atoms with van der Waals surface area (Å²) in [5.74, 6) is -2.03. The lowest BCUT2D eigenvalue weighted by molar-refractivity contribution is -0.120. The summed E-state index contributed by atoms with van der Waals surface area (Å²) < 4.78 is 25.6. The minimum atomic E-state index is -0.979. The van der Waals surface area contributed by atoms with Gasteiger partial charge < -0.3 is 10.4 Å². The molecule has 1 atom stereocenters. The summed E-state index contributed by atoms with van der Waals surface area (Å²) in [6.07, 6.45) is 0.241. The standard InChI is InChI=1S/C12H15F2NO2/c1-15-12(17)4-2-3-11(16)8-5-6-9(13)10(14)7-8/h5-7,11,16H,2-4H2,1H3,(H,15,17). The lowest BCUT2D eigenvalue weighted by Gasteiger charge is -2.10. The molecule has 3 nitrogen and oxygen atoms in total. The van der Waals surface area contributed by atoms with Crippen molar-refractivity contribution in [2.75, 3.05) is 7.05 Å². The molecule has 0 bridgehead atoms. The molecule has 17 heavy (non-hydrogen) atoms. The lowest BCUT2D eigenvalue weighted by atomic mass is 10.0. The number of hydrogen-bond acceptors (Lipinski definition) is 2. The number of carbonyl (C=O) groups is 1. The second-order valence-electron chi connectivity index (χ2n) is 3.75. The van der Waals surface area contributed by atoms with Crippen LogP contribution < -0.4 is 5.32 Å². The topological polar surface area (TPSA) is 49.3 Å². The van der Waals surface area contributed by atoms with Crippen molar-refractivity contribution in [1.82, 2.24) is 5.32 Å². The molecule has 0 aliphatic rings. The van der Waals surface area contributed by atoms with E-state index in [-0.39, 0.29) is 5.91 Å². The van der Waals surface area contributed by atoms with Gasteiger partial charge in [0.1, 0.15) is 0 Å². The van der Waals surface area contributed by atoms with Gasteiger partial charge in [0.25, 0.3) is 0 Å². The molecule has 1 aromatic carbocycles. The van der Waals surface area contributed by atoms with Crippen LogP contribution in [0, 0.1) is 11.6 Å². The number of hydrogen-bond donors (Lipinski definition) is 2. The van der Waals surface area contributed by atoms with Crippen LogP contribution in [-0.2, 0) is 4.79 Å². The van der Waals surface area contributed by atoms with E-state index in [4.69, 9.17) is 0 Å². The fourth-order valence-corrected chi connectivity index (χ4v) is 1.47. The van der Waals surface area contributed by atoms with Gasteiger partial charge in [-0.15, -0.1) is 0 Å². The fraction of sp³-hybridized carbons (Fsp3) is 0.417. The van der Waals surface area contributed by atoms with Crippen molar-refractivity contribution in [2.24, 2.45) is 0 Å². The minimum Gasteiger partial charge on any atom is -0.388 e. The predicted molar refractivity (Wildman–Crippen MR) is 59.2 cm³/mol. The van der Waals surface area contributed by atoms with Crippen LogP contribution >= 0.6 is 0 Å². The van der Waals surface area contributed by atoms with Crippen LogP contribution in [-0.4, -0.2) is 18.1 Å². The van der Waals surface area contributed by atoms with Gasteiger partial charge in [0, 0.05) is 13.5 Å². The van der Waals surface area contributed by atoms with Crippen LogP contribution in [0.1, 0.15) is 30.9 Å². The molecule has 0 fully saturated rings. The quantitative estimate of drug-likeness (QED) is 0.830. The Morgan fingerprint density at radius 3 is 2.71 bits per heavy atom. The van der Waals surface area contributed by atoms with Gasteiger partial charge in [-0.25, -0.2) is 8.78 Å². The maximum Gasteiger partial charge on any atom is 0.219 e. The number of aliphatic hydroxyl groups is 1. The van der Waals surface area contributed by atoms with E-state index in [2.05, 4.69) is 5.32 Å². The van der Waals surface area contributed by atoms with Crippen molar-refractivity contribution < 1.29 is 18.7 Å². The number of carbonyl (C=O) groups excluding carboxylic acids is 1. The average Bonchev–Trinajstić information content (AvgIpc) is 2.32. The first-order chi connectivity index (χ1) is 8.04. The van der Waals surface area contributed by atoms with Gasteiger partial charge in [0.2, 0.25) is 5.91 Å². The van der Waals surface area contributed by atoms with Gasteiger partial charge in [-0.1, -0.05) is 6.07 Å². The molecular weight excluding hydrogens is 228 g/mol. The predicted octanol–water partition coefficient (Wildman–Crippen LogP) is 1.91. The highest BCUT2D eigenvalue weighted by Gasteiger charge is 2.11. The molecule has 1 amide bonds. The summed E-state index contributed by atoms with van der Waals surface area (Å²) in [7, 11) is 1.54. The van der Waals surface area contributed by atoms with Crippen LogP contribution in [0.25, 0.3) is 0 Å². The molecule has 0 aliphatic heterocycles. The van der Waals surface area contributed by atoms with Crippen LogP contribution in [0.2, 0.25) is 0 Å². The second-order valence-corrected chi connectivity index (χ2v) is 3.75. The molecular formula is C12H15F2NO2. The van der Waals surface area contributed by atoms with Crippen molar-refractivity contribution in [2.45, 2.75) is 25.4 Å². The highest BCUT2D eigenvalue weighted by molar-refractivity contribution is 5.75. The third-order valence-electron chi connectivity index (χ3n) is 2.49. The molecule has 1 rings (SSSR count). The van der Waals surface area contributed by atoms with Crippen LogP contribution in [0.3, 0.4) is 0 Å². The first-order valence-electron chi connectivity index (χ1n) is 5.38. The number of benzene rings is 1. The first-order valence-corrected chi connectivity index (χ1v) is 5.38. The van der Waals surface area contributed by atoms with Crippen LogP contribution in [0.15, 0.2) is 18.2 Å². The zero-order chi connectivity index (χ0) is 12.8. The Bertz CT molecular complexity index is 396. The molecule has 0 aromatic heterocycles. The van der Waals surface area contributed by atoms with E-state index in [1.807, 2.05) is 0 Å². The summed E-state index contributed by atoms with van der Waals surface area (Å²) in [6, 6.07) is 3.29. The molecule has 1 unspecified atom stereocenters. The maximum atomic E-state index is 12.9. The number of nitrogens with one attached hydrogen (secondary N) is 1. The third-order valence-corrected chi connectivity index (χ3v) is 2.49. The molecule has 0 saturated carbocycles.